The minimum Gasteiger partial charge on any atom is -0.363 e. The lowest BCUT2D eigenvalue weighted by molar-refractivity contribution is -0.384. The van der Waals surface area contributed by atoms with Gasteiger partial charge in [-0.05, 0) is 12.5 Å². The highest BCUT2D eigenvalue weighted by Crippen LogP contribution is 2.28. The van der Waals surface area contributed by atoms with Gasteiger partial charge < -0.3 is 4.90 Å². The molecule has 146 valence electrons. The van der Waals surface area contributed by atoms with Gasteiger partial charge in [0, 0.05) is 44.9 Å². The van der Waals surface area contributed by atoms with E-state index in [4.69, 9.17) is 0 Å². The first-order chi connectivity index (χ1) is 13.5. The molecule has 0 amide bonds. The fourth-order valence-electron chi connectivity index (χ4n) is 3.38. The summed E-state index contributed by atoms with van der Waals surface area (Å²) in [6.07, 6.45) is 0.774. The summed E-state index contributed by atoms with van der Waals surface area (Å²) in [5.41, 5.74) is 1.36. The van der Waals surface area contributed by atoms with E-state index >= 15 is 0 Å². The third-order valence-electron chi connectivity index (χ3n) is 4.82. The van der Waals surface area contributed by atoms with Gasteiger partial charge >= 0.3 is 0 Å². The molecule has 0 atom stereocenters. The van der Waals surface area contributed by atoms with Gasteiger partial charge in [0.25, 0.3) is 11.2 Å². The number of hydrogen-bond acceptors (Lipinski definition) is 8. The number of nitrogens with zero attached hydrogens (tertiary/aromatic N) is 6. The van der Waals surface area contributed by atoms with E-state index < -0.39 is 0 Å². The number of aryl methyl sites for hydroxylation is 1. The molecular formula is C18H20N6O3S. The van der Waals surface area contributed by atoms with Gasteiger partial charge in [0.05, 0.1) is 10.6 Å². The highest BCUT2D eigenvalue weighted by molar-refractivity contribution is 7.16. The summed E-state index contributed by atoms with van der Waals surface area (Å²) in [5, 5.41) is 16.4. The number of para-hydroxylation sites is 2. The average Bonchev–Trinajstić information content (AvgIpc) is 3.12. The smallest absolute Gasteiger partial charge is 0.292 e. The van der Waals surface area contributed by atoms with Crippen LogP contribution in [0, 0.1) is 10.1 Å². The SMILES string of the molecule is CCc1nn2c(=O)cc(CN3CCN(c4ccccc4[N+](=O)[O-])CC3)nc2s1. The van der Waals surface area contributed by atoms with Crippen LogP contribution >= 0.6 is 11.3 Å². The van der Waals surface area contributed by atoms with Gasteiger partial charge in [-0.3, -0.25) is 19.8 Å². The van der Waals surface area contributed by atoms with E-state index in [2.05, 4.69) is 15.0 Å². The van der Waals surface area contributed by atoms with Crippen molar-refractivity contribution in [2.45, 2.75) is 19.9 Å². The summed E-state index contributed by atoms with van der Waals surface area (Å²) in [7, 11) is 0. The summed E-state index contributed by atoms with van der Waals surface area (Å²) in [4.78, 5) is 32.7. The van der Waals surface area contributed by atoms with Crippen LogP contribution in [-0.2, 0) is 13.0 Å². The summed E-state index contributed by atoms with van der Waals surface area (Å²) in [5.74, 6) is 0. The van der Waals surface area contributed by atoms with Crippen LogP contribution in [0.4, 0.5) is 11.4 Å². The Morgan fingerprint density at radius 3 is 2.68 bits per heavy atom. The van der Waals surface area contributed by atoms with Crippen LogP contribution in [0.5, 0.6) is 0 Å². The number of hydrogen-bond donors (Lipinski definition) is 0. The van der Waals surface area contributed by atoms with Gasteiger partial charge in [-0.1, -0.05) is 30.4 Å². The first-order valence-corrected chi connectivity index (χ1v) is 9.96. The van der Waals surface area contributed by atoms with Crippen molar-refractivity contribution in [3.8, 4) is 0 Å². The highest BCUT2D eigenvalue weighted by Gasteiger charge is 2.23. The summed E-state index contributed by atoms with van der Waals surface area (Å²) < 4.78 is 1.36. The van der Waals surface area contributed by atoms with Crippen LogP contribution in [0.2, 0.25) is 0 Å². The molecule has 3 aromatic rings. The first kappa shape index (κ1) is 18.5. The van der Waals surface area contributed by atoms with Crippen molar-refractivity contribution >= 4 is 27.7 Å². The molecule has 3 heterocycles. The largest absolute Gasteiger partial charge is 0.363 e. The second-order valence-corrected chi connectivity index (χ2v) is 7.68. The van der Waals surface area contributed by atoms with Gasteiger partial charge in [0.1, 0.15) is 10.7 Å². The van der Waals surface area contributed by atoms with E-state index in [0.29, 0.717) is 30.3 Å². The Kier molecular flexibility index (Phi) is 5.05. The minimum absolute atomic E-state index is 0.132. The third kappa shape index (κ3) is 3.60. The van der Waals surface area contributed by atoms with Crippen LogP contribution in [0.25, 0.3) is 4.96 Å². The van der Waals surface area contributed by atoms with Crippen molar-refractivity contribution in [3.63, 3.8) is 0 Å². The number of nitro groups is 1. The van der Waals surface area contributed by atoms with Crippen molar-refractivity contribution in [1.82, 2.24) is 19.5 Å². The molecule has 0 saturated carbocycles. The van der Waals surface area contributed by atoms with Crippen LogP contribution < -0.4 is 10.5 Å². The molecule has 0 spiro atoms. The van der Waals surface area contributed by atoms with E-state index in [9.17, 15) is 14.9 Å². The Balaban J connectivity index is 1.46. The number of anilines is 1. The molecule has 0 bridgehead atoms. The minimum atomic E-state index is -0.339. The maximum Gasteiger partial charge on any atom is 0.292 e. The van der Waals surface area contributed by atoms with Gasteiger partial charge in [-0.25, -0.2) is 4.98 Å². The van der Waals surface area contributed by atoms with Crippen molar-refractivity contribution in [2.75, 3.05) is 31.1 Å². The molecule has 9 nitrogen and oxygen atoms in total. The summed E-state index contributed by atoms with van der Waals surface area (Å²) in [6, 6.07) is 8.37. The molecule has 10 heteroatoms. The van der Waals surface area contributed by atoms with Crippen molar-refractivity contribution in [1.29, 1.82) is 0 Å². The van der Waals surface area contributed by atoms with E-state index in [1.807, 2.05) is 17.9 Å². The number of rotatable bonds is 5. The Hall–Kier alpha value is -2.85. The molecule has 2 aromatic heterocycles. The number of benzene rings is 1. The van der Waals surface area contributed by atoms with Crippen LogP contribution in [0.3, 0.4) is 0 Å². The number of fused-ring (bicyclic) bond motifs is 1. The molecule has 1 aliphatic heterocycles. The monoisotopic (exact) mass is 400 g/mol. The molecule has 0 N–H and O–H groups in total. The van der Waals surface area contributed by atoms with Crippen molar-refractivity contribution in [2.24, 2.45) is 0 Å². The molecule has 1 aromatic carbocycles. The molecule has 0 aliphatic carbocycles. The maximum atomic E-state index is 12.3. The Morgan fingerprint density at radius 1 is 1.21 bits per heavy atom. The Morgan fingerprint density at radius 2 is 1.96 bits per heavy atom. The lowest BCUT2D eigenvalue weighted by atomic mass is 10.2. The average molecular weight is 400 g/mol. The van der Waals surface area contributed by atoms with Gasteiger partial charge in [0.15, 0.2) is 0 Å². The third-order valence-corrected chi connectivity index (χ3v) is 5.87. The molecule has 1 fully saturated rings. The van der Waals surface area contributed by atoms with Gasteiger partial charge in [-0.15, -0.1) is 0 Å². The number of nitro benzene ring substituents is 1. The van der Waals surface area contributed by atoms with Gasteiger partial charge in [-0.2, -0.15) is 9.61 Å². The van der Waals surface area contributed by atoms with E-state index in [0.717, 1.165) is 30.2 Å². The highest BCUT2D eigenvalue weighted by atomic mass is 32.1. The fourth-order valence-corrected chi connectivity index (χ4v) is 4.24. The molecular weight excluding hydrogens is 380 g/mol. The quantitative estimate of drug-likeness (QED) is 0.477. The molecule has 0 radical (unpaired) electrons. The maximum absolute atomic E-state index is 12.3. The predicted octanol–water partition coefficient (Wildman–Crippen LogP) is 1.94. The molecule has 1 aliphatic rings. The number of aromatic nitrogens is 3. The number of piperazine rings is 1. The molecule has 4 rings (SSSR count). The zero-order valence-corrected chi connectivity index (χ0v) is 16.3. The van der Waals surface area contributed by atoms with Crippen LogP contribution in [0.15, 0.2) is 35.1 Å². The van der Waals surface area contributed by atoms with E-state index in [-0.39, 0.29) is 16.2 Å². The fraction of sp³-hybridized carbons (Fsp3) is 0.389. The Labute approximate surface area is 165 Å². The van der Waals surface area contributed by atoms with Crippen molar-refractivity contribution in [3.05, 3.63) is 61.5 Å². The normalized spacial score (nSPS) is 15.2. The van der Waals surface area contributed by atoms with Crippen LogP contribution in [0.1, 0.15) is 17.6 Å². The second-order valence-electron chi connectivity index (χ2n) is 6.64. The first-order valence-electron chi connectivity index (χ1n) is 9.14. The summed E-state index contributed by atoms with van der Waals surface area (Å²) in [6.45, 7) is 5.45. The van der Waals surface area contributed by atoms with Crippen molar-refractivity contribution < 1.29 is 4.92 Å². The molecule has 1 saturated heterocycles. The second kappa shape index (κ2) is 7.64. The lowest BCUT2D eigenvalue weighted by Crippen LogP contribution is -2.46. The Bertz CT molecular complexity index is 1070. The predicted molar refractivity (Wildman–Crippen MR) is 107 cm³/mol. The topological polar surface area (TPSA) is 96.9 Å². The van der Waals surface area contributed by atoms with E-state index in [1.165, 1.54) is 21.9 Å². The zero-order chi connectivity index (χ0) is 19.7. The molecule has 28 heavy (non-hydrogen) atoms. The van der Waals surface area contributed by atoms with E-state index in [1.54, 1.807) is 18.2 Å². The summed E-state index contributed by atoms with van der Waals surface area (Å²) >= 11 is 1.44. The zero-order valence-electron chi connectivity index (χ0n) is 15.4. The molecule has 0 unspecified atom stereocenters. The standard InChI is InChI=1S/C18H20N6O3S/c1-2-16-20-23-17(25)11-13(19-18(23)28-16)12-21-7-9-22(10-8-21)14-5-3-4-6-15(14)24(26)27/h3-6,11H,2,7-10,12H2,1H3. The van der Waals surface area contributed by atoms with Gasteiger partial charge in [0.2, 0.25) is 4.96 Å². The lowest BCUT2D eigenvalue weighted by Gasteiger charge is -2.35. The van der Waals surface area contributed by atoms with Crippen LogP contribution in [-0.4, -0.2) is 50.6 Å².